The van der Waals surface area contributed by atoms with Crippen LogP contribution >= 0.6 is 0 Å². The van der Waals surface area contributed by atoms with Crippen molar-refractivity contribution in [1.82, 2.24) is 0 Å². The summed E-state index contributed by atoms with van der Waals surface area (Å²) in [4.78, 5) is 7.58. The Hall–Kier alpha value is -2.09. The Bertz CT molecular complexity index is 660. The summed E-state index contributed by atoms with van der Waals surface area (Å²) < 4.78 is 0. The lowest BCUT2D eigenvalue weighted by Crippen LogP contribution is -2.41. The van der Waals surface area contributed by atoms with Gasteiger partial charge in [-0.2, -0.15) is 0 Å². The van der Waals surface area contributed by atoms with Gasteiger partial charge in [0.2, 0.25) is 0 Å². The molecule has 2 heteroatoms. The van der Waals surface area contributed by atoms with Crippen molar-refractivity contribution in [3.05, 3.63) is 65.7 Å². The fraction of sp³-hybridized carbons (Fsp3) is 0.316. The molecule has 1 atom stereocenters. The van der Waals surface area contributed by atoms with E-state index in [-0.39, 0.29) is 0 Å². The molecule has 2 aromatic carbocycles. The van der Waals surface area contributed by atoms with E-state index in [0.29, 0.717) is 6.04 Å². The van der Waals surface area contributed by atoms with E-state index < -0.39 is 0 Å². The Labute approximate surface area is 126 Å². The molecule has 2 nitrogen and oxygen atoms in total. The molecule has 0 aromatic heterocycles. The molecule has 2 aromatic rings. The Morgan fingerprint density at radius 3 is 2.62 bits per heavy atom. The first-order valence-electron chi connectivity index (χ1n) is 7.89. The molecular formula is C19H20N2. The lowest BCUT2D eigenvalue weighted by Gasteiger charge is -2.36. The third kappa shape index (κ3) is 2.25. The van der Waals surface area contributed by atoms with E-state index in [4.69, 9.17) is 4.99 Å². The van der Waals surface area contributed by atoms with Crippen molar-refractivity contribution in [2.75, 3.05) is 18.0 Å². The van der Waals surface area contributed by atoms with E-state index in [2.05, 4.69) is 59.5 Å². The molecule has 106 valence electrons. The van der Waals surface area contributed by atoms with Crippen molar-refractivity contribution in [3.63, 3.8) is 0 Å². The van der Waals surface area contributed by atoms with E-state index in [1.54, 1.807) is 0 Å². The molecular weight excluding hydrogens is 256 g/mol. The predicted molar refractivity (Wildman–Crippen MR) is 88.4 cm³/mol. The Morgan fingerprint density at radius 2 is 1.71 bits per heavy atom. The number of rotatable bonds is 1. The number of fused-ring (bicyclic) bond motifs is 3. The summed E-state index contributed by atoms with van der Waals surface area (Å²) in [5, 5.41) is 0. The summed E-state index contributed by atoms with van der Waals surface area (Å²) in [6.07, 6.45) is 3.89. The van der Waals surface area contributed by atoms with Gasteiger partial charge in [0.25, 0.3) is 0 Å². The highest BCUT2D eigenvalue weighted by atomic mass is 15.2. The average molecular weight is 276 g/mol. The third-order valence-corrected chi connectivity index (χ3v) is 4.60. The molecule has 1 unspecified atom stereocenters. The number of para-hydroxylation sites is 1. The fourth-order valence-corrected chi connectivity index (χ4v) is 3.56. The number of aliphatic imine (C=N–C) groups is 1. The zero-order valence-electron chi connectivity index (χ0n) is 12.2. The van der Waals surface area contributed by atoms with E-state index in [1.807, 2.05) is 0 Å². The van der Waals surface area contributed by atoms with Crippen LogP contribution in [-0.2, 0) is 0 Å². The van der Waals surface area contributed by atoms with Crippen LogP contribution in [0.15, 0.2) is 59.6 Å². The largest absolute Gasteiger partial charge is 0.366 e. The van der Waals surface area contributed by atoms with Crippen molar-refractivity contribution in [3.8, 4) is 0 Å². The smallest absolute Gasteiger partial charge is 0.0740 e. The van der Waals surface area contributed by atoms with Crippen molar-refractivity contribution in [2.24, 2.45) is 4.99 Å². The van der Waals surface area contributed by atoms with Gasteiger partial charge in [0.05, 0.1) is 12.3 Å². The van der Waals surface area contributed by atoms with Gasteiger partial charge in [0.1, 0.15) is 0 Å². The summed E-state index contributed by atoms with van der Waals surface area (Å²) in [6.45, 7) is 2.08. The van der Waals surface area contributed by atoms with Crippen LogP contribution in [-0.4, -0.2) is 24.8 Å². The summed E-state index contributed by atoms with van der Waals surface area (Å²) in [6, 6.07) is 19.9. The number of benzene rings is 2. The van der Waals surface area contributed by atoms with E-state index in [9.17, 15) is 0 Å². The molecule has 0 radical (unpaired) electrons. The van der Waals surface area contributed by atoms with Crippen LogP contribution in [0, 0.1) is 0 Å². The Balaban J connectivity index is 1.86. The third-order valence-electron chi connectivity index (χ3n) is 4.60. The van der Waals surface area contributed by atoms with Crippen LogP contribution in [0.3, 0.4) is 0 Å². The molecule has 1 fully saturated rings. The van der Waals surface area contributed by atoms with Gasteiger partial charge >= 0.3 is 0 Å². The summed E-state index contributed by atoms with van der Waals surface area (Å²) in [5.74, 6) is 0. The second kappa shape index (κ2) is 5.36. The van der Waals surface area contributed by atoms with Crippen LogP contribution < -0.4 is 4.90 Å². The van der Waals surface area contributed by atoms with Crippen LogP contribution in [0.1, 0.15) is 30.4 Å². The molecule has 4 rings (SSSR count). The van der Waals surface area contributed by atoms with Gasteiger partial charge in [-0.1, -0.05) is 48.5 Å². The molecule has 2 aliphatic heterocycles. The lowest BCUT2D eigenvalue weighted by atomic mass is 9.98. The van der Waals surface area contributed by atoms with Crippen molar-refractivity contribution >= 4 is 11.4 Å². The topological polar surface area (TPSA) is 15.6 Å². The van der Waals surface area contributed by atoms with Crippen LogP contribution in [0.5, 0.6) is 0 Å². The average Bonchev–Trinajstić information content (AvgIpc) is 2.73. The van der Waals surface area contributed by atoms with Crippen molar-refractivity contribution < 1.29 is 0 Å². The molecule has 0 aliphatic carbocycles. The molecule has 0 saturated carbocycles. The SMILES string of the molecule is c1ccc(C2=NCC3CCCCN3c3ccccc32)cc1. The second-order valence-corrected chi connectivity index (χ2v) is 5.92. The summed E-state index contributed by atoms with van der Waals surface area (Å²) >= 11 is 0. The number of anilines is 1. The Kier molecular flexibility index (Phi) is 3.23. The van der Waals surface area contributed by atoms with E-state index in [1.165, 1.54) is 42.6 Å². The van der Waals surface area contributed by atoms with Gasteiger partial charge in [-0.05, 0) is 25.3 Å². The minimum Gasteiger partial charge on any atom is -0.366 e. The normalized spacial score (nSPS) is 21.0. The highest BCUT2D eigenvalue weighted by Gasteiger charge is 2.28. The second-order valence-electron chi connectivity index (χ2n) is 5.92. The minimum atomic E-state index is 0.570. The summed E-state index contributed by atoms with van der Waals surface area (Å²) in [5.41, 5.74) is 5.03. The van der Waals surface area contributed by atoms with E-state index >= 15 is 0 Å². The van der Waals surface area contributed by atoms with Gasteiger partial charge < -0.3 is 4.90 Å². The molecule has 0 bridgehead atoms. The number of piperidine rings is 1. The maximum Gasteiger partial charge on any atom is 0.0740 e. The number of nitrogens with zero attached hydrogens (tertiary/aromatic N) is 2. The van der Waals surface area contributed by atoms with Crippen molar-refractivity contribution in [1.29, 1.82) is 0 Å². The van der Waals surface area contributed by atoms with Crippen LogP contribution in [0.4, 0.5) is 5.69 Å². The van der Waals surface area contributed by atoms with Gasteiger partial charge in [0.15, 0.2) is 0 Å². The molecule has 2 heterocycles. The van der Waals surface area contributed by atoms with Crippen LogP contribution in [0.2, 0.25) is 0 Å². The van der Waals surface area contributed by atoms with Gasteiger partial charge in [0, 0.05) is 29.4 Å². The highest BCUT2D eigenvalue weighted by molar-refractivity contribution is 6.16. The molecule has 0 amide bonds. The van der Waals surface area contributed by atoms with Crippen molar-refractivity contribution in [2.45, 2.75) is 25.3 Å². The zero-order chi connectivity index (χ0) is 14.1. The lowest BCUT2D eigenvalue weighted by molar-refractivity contribution is 0.468. The monoisotopic (exact) mass is 276 g/mol. The van der Waals surface area contributed by atoms with Gasteiger partial charge in [-0.25, -0.2) is 0 Å². The molecule has 21 heavy (non-hydrogen) atoms. The predicted octanol–water partition coefficient (Wildman–Crippen LogP) is 3.90. The number of hydrogen-bond acceptors (Lipinski definition) is 2. The first-order chi connectivity index (χ1) is 10.4. The highest BCUT2D eigenvalue weighted by Crippen LogP contribution is 2.32. The minimum absolute atomic E-state index is 0.570. The molecule has 0 spiro atoms. The van der Waals surface area contributed by atoms with Gasteiger partial charge in [-0.15, -0.1) is 0 Å². The first-order valence-corrected chi connectivity index (χ1v) is 7.89. The standard InChI is InChI=1S/C19H20N2/c1-2-8-15(9-3-1)19-17-11-4-5-12-18(17)21-13-7-6-10-16(21)14-20-19/h1-5,8-9,11-12,16H,6-7,10,13-14H2. The Morgan fingerprint density at radius 1 is 0.905 bits per heavy atom. The fourth-order valence-electron chi connectivity index (χ4n) is 3.56. The first kappa shape index (κ1) is 12.6. The number of hydrogen-bond donors (Lipinski definition) is 0. The summed E-state index contributed by atoms with van der Waals surface area (Å²) in [7, 11) is 0. The zero-order valence-corrected chi connectivity index (χ0v) is 12.2. The maximum absolute atomic E-state index is 4.99. The molecule has 1 saturated heterocycles. The van der Waals surface area contributed by atoms with Gasteiger partial charge in [-0.3, -0.25) is 4.99 Å². The van der Waals surface area contributed by atoms with Crippen LogP contribution in [0.25, 0.3) is 0 Å². The molecule has 2 aliphatic rings. The maximum atomic E-state index is 4.99. The molecule has 0 N–H and O–H groups in total. The quantitative estimate of drug-likeness (QED) is 0.771. The van der Waals surface area contributed by atoms with E-state index in [0.717, 1.165) is 12.3 Å².